The molecule has 0 aliphatic heterocycles. The van der Waals surface area contributed by atoms with E-state index in [1.807, 2.05) is 22.9 Å². The third-order valence-corrected chi connectivity index (χ3v) is 4.32. The van der Waals surface area contributed by atoms with Crippen LogP contribution in [0.5, 0.6) is 0 Å². The van der Waals surface area contributed by atoms with Gasteiger partial charge in [-0.2, -0.15) is 16.4 Å². The quantitative estimate of drug-likeness (QED) is 0.663. The summed E-state index contributed by atoms with van der Waals surface area (Å²) in [5.74, 6) is -0.303. The van der Waals surface area contributed by atoms with Crippen LogP contribution in [0, 0.1) is 0 Å². The van der Waals surface area contributed by atoms with Crippen LogP contribution in [0.2, 0.25) is 5.02 Å². The van der Waals surface area contributed by atoms with Crippen molar-refractivity contribution in [2.75, 3.05) is 6.54 Å². The molecule has 7 heteroatoms. The lowest BCUT2D eigenvalue weighted by Crippen LogP contribution is -2.28. The Kier molecular flexibility index (Phi) is 4.76. The topological polar surface area (TPSA) is 78.0 Å². The standard InChI is InChI=1S/C16H14ClN3O2S/c17-12-3-1-2-10(6-12)15-13(7-19-20-15)16(22)18-8-14(21)11-4-5-23-9-11/h1-7,9,14,21H,8H2,(H,18,22)(H,19,20). The maximum Gasteiger partial charge on any atom is 0.255 e. The minimum atomic E-state index is -0.730. The third kappa shape index (κ3) is 3.61. The Morgan fingerprint density at radius 3 is 3.04 bits per heavy atom. The summed E-state index contributed by atoms with van der Waals surface area (Å²) < 4.78 is 0. The first-order valence-corrected chi connectivity index (χ1v) is 8.25. The summed E-state index contributed by atoms with van der Waals surface area (Å²) in [6.45, 7) is 0.135. The lowest BCUT2D eigenvalue weighted by atomic mass is 10.1. The Hall–Kier alpha value is -2.15. The number of aromatic nitrogens is 2. The van der Waals surface area contributed by atoms with Gasteiger partial charge in [-0.05, 0) is 34.5 Å². The molecule has 0 spiro atoms. The molecular weight excluding hydrogens is 334 g/mol. The average molecular weight is 348 g/mol. The number of carbonyl (C=O) groups is 1. The first kappa shape index (κ1) is 15.7. The minimum Gasteiger partial charge on any atom is -0.387 e. The minimum absolute atomic E-state index is 0.135. The fourth-order valence-electron chi connectivity index (χ4n) is 2.19. The van der Waals surface area contributed by atoms with Crippen LogP contribution in [0.4, 0.5) is 0 Å². The predicted molar refractivity (Wildman–Crippen MR) is 90.6 cm³/mol. The first-order valence-electron chi connectivity index (χ1n) is 6.93. The van der Waals surface area contributed by atoms with Gasteiger partial charge in [0.2, 0.25) is 0 Å². The van der Waals surface area contributed by atoms with Gasteiger partial charge in [-0.1, -0.05) is 23.7 Å². The zero-order chi connectivity index (χ0) is 16.2. The van der Waals surface area contributed by atoms with Crippen molar-refractivity contribution in [2.24, 2.45) is 0 Å². The molecule has 118 valence electrons. The van der Waals surface area contributed by atoms with Crippen molar-refractivity contribution in [1.29, 1.82) is 0 Å². The number of aliphatic hydroxyl groups excluding tert-OH is 1. The van der Waals surface area contributed by atoms with E-state index in [4.69, 9.17) is 11.6 Å². The van der Waals surface area contributed by atoms with E-state index in [2.05, 4.69) is 15.5 Å². The van der Waals surface area contributed by atoms with Crippen LogP contribution in [-0.4, -0.2) is 27.8 Å². The van der Waals surface area contributed by atoms with E-state index in [9.17, 15) is 9.90 Å². The average Bonchev–Trinajstić information content (AvgIpc) is 3.23. The lowest BCUT2D eigenvalue weighted by Gasteiger charge is -2.10. The molecule has 0 aliphatic carbocycles. The van der Waals surface area contributed by atoms with Crippen LogP contribution in [-0.2, 0) is 0 Å². The summed E-state index contributed by atoms with van der Waals surface area (Å²) in [7, 11) is 0. The summed E-state index contributed by atoms with van der Waals surface area (Å²) >= 11 is 7.49. The normalized spacial score (nSPS) is 12.1. The smallest absolute Gasteiger partial charge is 0.255 e. The van der Waals surface area contributed by atoms with Crippen molar-refractivity contribution in [3.63, 3.8) is 0 Å². The number of halogens is 1. The molecule has 5 nitrogen and oxygen atoms in total. The van der Waals surface area contributed by atoms with E-state index in [-0.39, 0.29) is 12.5 Å². The van der Waals surface area contributed by atoms with Gasteiger partial charge in [-0.25, -0.2) is 0 Å². The monoisotopic (exact) mass is 347 g/mol. The van der Waals surface area contributed by atoms with E-state index >= 15 is 0 Å². The molecule has 0 aliphatic rings. The van der Waals surface area contributed by atoms with Gasteiger partial charge in [0.1, 0.15) is 0 Å². The van der Waals surface area contributed by atoms with Gasteiger partial charge in [-0.3, -0.25) is 9.89 Å². The molecule has 1 atom stereocenters. The SMILES string of the molecule is O=C(NCC(O)c1ccsc1)c1cn[nH]c1-c1cccc(Cl)c1. The summed E-state index contributed by atoms with van der Waals surface area (Å²) in [4.78, 5) is 12.3. The maximum absolute atomic E-state index is 12.3. The molecular formula is C16H14ClN3O2S. The van der Waals surface area contributed by atoms with E-state index in [1.54, 1.807) is 18.2 Å². The zero-order valence-electron chi connectivity index (χ0n) is 12.0. The van der Waals surface area contributed by atoms with Crippen molar-refractivity contribution in [2.45, 2.75) is 6.10 Å². The number of nitrogens with zero attached hydrogens (tertiary/aromatic N) is 1. The fourth-order valence-corrected chi connectivity index (χ4v) is 3.09. The molecule has 1 amide bonds. The number of H-pyrrole nitrogens is 1. The van der Waals surface area contributed by atoms with E-state index in [0.717, 1.165) is 11.1 Å². The van der Waals surface area contributed by atoms with Crippen molar-refractivity contribution in [1.82, 2.24) is 15.5 Å². The van der Waals surface area contributed by atoms with Crippen LogP contribution in [0.3, 0.4) is 0 Å². The number of aliphatic hydroxyl groups is 1. The molecule has 0 saturated carbocycles. The molecule has 0 saturated heterocycles. The van der Waals surface area contributed by atoms with Gasteiger partial charge in [0, 0.05) is 17.1 Å². The number of hydrogen-bond acceptors (Lipinski definition) is 4. The molecule has 1 aromatic carbocycles. The molecule has 2 aromatic heterocycles. The highest BCUT2D eigenvalue weighted by molar-refractivity contribution is 7.07. The highest BCUT2D eigenvalue weighted by atomic mass is 35.5. The van der Waals surface area contributed by atoms with Crippen molar-refractivity contribution < 1.29 is 9.90 Å². The highest BCUT2D eigenvalue weighted by Gasteiger charge is 2.17. The number of thiophene rings is 1. The lowest BCUT2D eigenvalue weighted by molar-refractivity contribution is 0.0917. The van der Waals surface area contributed by atoms with Gasteiger partial charge in [0.15, 0.2) is 0 Å². The number of nitrogens with one attached hydrogen (secondary N) is 2. The summed E-state index contributed by atoms with van der Waals surface area (Å²) in [6, 6.07) is 9.00. The predicted octanol–water partition coefficient (Wildman–Crippen LogP) is 3.26. The summed E-state index contributed by atoms with van der Waals surface area (Å²) in [5, 5.41) is 23.8. The van der Waals surface area contributed by atoms with Gasteiger partial charge < -0.3 is 10.4 Å². The highest BCUT2D eigenvalue weighted by Crippen LogP contribution is 2.24. The summed E-state index contributed by atoms with van der Waals surface area (Å²) in [6.07, 6.45) is 0.731. The molecule has 3 aromatic rings. The number of benzene rings is 1. The van der Waals surface area contributed by atoms with Gasteiger partial charge >= 0.3 is 0 Å². The number of carbonyl (C=O) groups excluding carboxylic acids is 1. The van der Waals surface area contributed by atoms with E-state index in [1.165, 1.54) is 17.5 Å². The Morgan fingerprint density at radius 2 is 2.30 bits per heavy atom. The molecule has 3 N–H and O–H groups in total. The van der Waals surface area contributed by atoms with Crippen molar-refractivity contribution >= 4 is 28.8 Å². The van der Waals surface area contributed by atoms with Crippen LogP contribution in [0.15, 0.2) is 47.3 Å². The molecule has 1 unspecified atom stereocenters. The molecule has 0 radical (unpaired) electrons. The Morgan fingerprint density at radius 1 is 1.43 bits per heavy atom. The number of amides is 1. The van der Waals surface area contributed by atoms with Crippen LogP contribution in [0.1, 0.15) is 22.0 Å². The summed E-state index contributed by atoms with van der Waals surface area (Å²) in [5.41, 5.74) is 2.57. The largest absolute Gasteiger partial charge is 0.387 e. The van der Waals surface area contributed by atoms with Gasteiger partial charge in [0.25, 0.3) is 5.91 Å². The molecule has 3 rings (SSSR count). The van der Waals surface area contributed by atoms with E-state index < -0.39 is 6.10 Å². The first-order chi connectivity index (χ1) is 11.1. The number of hydrogen-bond donors (Lipinski definition) is 3. The Bertz CT molecular complexity index is 801. The second-order valence-electron chi connectivity index (χ2n) is 4.95. The third-order valence-electron chi connectivity index (χ3n) is 3.38. The van der Waals surface area contributed by atoms with Crippen LogP contribution >= 0.6 is 22.9 Å². The molecule has 0 fully saturated rings. The molecule has 2 heterocycles. The van der Waals surface area contributed by atoms with E-state index in [0.29, 0.717) is 16.3 Å². The van der Waals surface area contributed by atoms with Gasteiger partial charge in [-0.15, -0.1) is 0 Å². The molecule has 23 heavy (non-hydrogen) atoms. The second kappa shape index (κ2) is 6.95. The number of aromatic amines is 1. The maximum atomic E-state index is 12.3. The molecule has 0 bridgehead atoms. The van der Waals surface area contributed by atoms with Crippen molar-refractivity contribution in [3.8, 4) is 11.3 Å². The second-order valence-corrected chi connectivity index (χ2v) is 6.17. The van der Waals surface area contributed by atoms with Crippen molar-refractivity contribution in [3.05, 3.63) is 63.4 Å². The Labute approximate surface area is 141 Å². The van der Waals surface area contributed by atoms with Crippen LogP contribution in [0.25, 0.3) is 11.3 Å². The Balaban J connectivity index is 1.72. The fraction of sp³-hybridized carbons (Fsp3) is 0.125. The zero-order valence-corrected chi connectivity index (χ0v) is 13.6. The van der Waals surface area contributed by atoms with Gasteiger partial charge in [0.05, 0.1) is 23.6 Å². The number of rotatable bonds is 5. The van der Waals surface area contributed by atoms with Crippen LogP contribution < -0.4 is 5.32 Å².